The Hall–Kier alpha value is -5.82. The van der Waals surface area contributed by atoms with Gasteiger partial charge in [0.25, 0.3) is 0 Å². The smallest absolute Gasteiger partial charge is 0.407 e. The molecule has 3 aliphatic rings. The molecule has 8 rings (SSSR count). The first-order valence-corrected chi connectivity index (χ1v) is 19.5. The highest BCUT2D eigenvalue weighted by atomic mass is 16.5. The molecule has 3 aromatic heterocycles. The van der Waals surface area contributed by atoms with E-state index in [1.54, 1.807) is 24.2 Å². The fraction of sp³-hybridized carbons (Fsp3) is 0.395. The van der Waals surface area contributed by atoms with E-state index < -0.39 is 18.2 Å². The van der Waals surface area contributed by atoms with Crippen LogP contribution in [0.5, 0.6) is 0 Å². The molecule has 3 fully saturated rings. The summed E-state index contributed by atoms with van der Waals surface area (Å²) in [6.07, 6.45) is 9.10. The van der Waals surface area contributed by atoms with Crippen molar-refractivity contribution in [3.63, 3.8) is 0 Å². The van der Waals surface area contributed by atoms with Gasteiger partial charge in [-0.15, -0.1) is 0 Å². The van der Waals surface area contributed by atoms with Crippen LogP contribution in [-0.2, 0) is 25.6 Å². The van der Waals surface area contributed by atoms with Gasteiger partial charge >= 0.3 is 6.09 Å². The fourth-order valence-electron chi connectivity index (χ4n) is 9.05. The molecule has 56 heavy (non-hydrogen) atoms. The summed E-state index contributed by atoms with van der Waals surface area (Å²) in [6.45, 7) is 2.73. The first kappa shape index (κ1) is 37.1. The number of imidazole rings is 2. The van der Waals surface area contributed by atoms with Gasteiger partial charge in [0.1, 0.15) is 17.7 Å². The number of hydrogen-bond acceptors (Lipinski definition) is 8. The minimum Gasteiger partial charge on any atom is -0.453 e. The number of likely N-dealkylation sites (tertiary alicyclic amines) is 1. The van der Waals surface area contributed by atoms with Crippen LogP contribution in [0.4, 0.5) is 4.79 Å². The lowest BCUT2D eigenvalue weighted by Crippen LogP contribution is -2.54. The minimum atomic E-state index is -0.885. The summed E-state index contributed by atoms with van der Waals surface area (Å²) in [7, 11) is 2.77. The number of nitrogens with one attached hydrogen (secondary N) is 4. The number of H-pyrrole nitrogens is 2. The van der Waals surface area contributed by atoms with Crippen LogP contribution in [-0.4, -0.2) is 80.6 Å². The molecular formula is C43H48N8O5. The van der Waals surface area contributed by atoms with Crippen molar-refractivity contribution < 1.29 is 23.9 Å². The molecule has 13 nitrogen and oxygen atoms in total. The Balaban J connectivity index is 0.918. The summed E-state index contributed by atoms with van der Waals surface area (Å²) >= 11 is 0. The number of hydrogen-bond donors (Lipinski definition) is 4. The van der Waals surface area contributed by atoms with Crippen LogP contribution < -0.4 is 10.6 Å². The van der Waals surface area contributed by atoms with Crippen LogP contribution in [0.25, 0.3) is 33.6 Å². The molecule has 2 aromatic carbocycles. The number of pyridine rings is 1. The van der Waals surface area contributed by atoms with Gasteiger partial charge in [0, 0.05) is 25.8 Å². The first-order chi connectivity index (χ1) is 27.3. The van der Waals surface area contributed by atoms with Crippen molar-refractivity contribution in [1.82, 2.24) is 40.5 Å². The van der Waals surface area contributed by atoms with Crippen LogP contribution in [0.2, 0.25) is 0 Å². The van der Waals surface area contributed by atoms with Crippen LogP contribution in [0.1, 0.15) is 68.3 Å². The van der Waals surface area contributed by atoms with E-state index in [-0.39, 0.29) is 29.7 Å². The van der Waals surface area contributed by atoms with Crippen LogP contribution >= 0.6 is 0 Å². The Morgan fingerprint density at radius 1 is 0.821 bits per heavy atom. The van der Waals surface area contributed by atoms with Gasteiger partial charge in [0.2, 0.25) is 11.8 Å². The maximum absolute atomic E-state index is 13.6. The monoisotopic (exact) mass is 756 g/mol. The minimum absolute atomic E-state index is 0.0852. The Kier molecular flexibility index (Phi) is 10.7. The number of methoxy groups -OCH3 is 2. The number of aromatic amines is 2. The standard InChI is InChI=1S/C43H48N8O5/c1-25(55-2)38(50-43(54)56-3)42(53)51-20-6-8-35(51)39-45-23-33(48-39)28-13-9-26(10-14-28)27-11-15-29(16-12-27)34-24-46-40(49-34)36-30-17-18-31(21-30)37(36)41(52)47-22-32-7-4-5-19-44-32/h4-5,7,9-16,19,23-25,30-31,35-38H,6,8,17-18,20-22H2,1-3H3,(H,45,48)(H,46,49)(H,47,52)(H,50,54)/t25-,30?,31?,35+,36-,37?,38+/m1/s1. The Labute approximate surface area is 326 Å². The van der Waals surface area contributed by atoms with Gasteiger partial charge in [-0.25, -0.2) is 14.8 Å². The predicted octanol–water partition coefficient (Wildman–Crippen LogP) is 6.40. The molecule has 4 heterocycles. The summed E-state index contributed by atoms with van der Waals surface area (Å²) in [5, 5.41) is 5.78. The lowest BCUT2D eigenvalue weighted by atomic mass is 9.78. The van der Waals surface area contributed by atoms with E-state index in [0.29, 0.717) is 30.7 Å². The van der Waals surface area contributed by atoms with Gasteiger partial charge in [-0.05, 0) is 85.3 Å². The molecular weight excluding hydrogens is 709 g/mol. The molecule has 2 saturated carbocycles. The SMILES string of the molecule is COC(=O)N[C@H](C(=O)N1CCC[C@H]1c1ncc(-c2ccc(-c3ccc(-c4cnc([C@@H]5C6CCC(C6)C5C(=O)NCc5ccccn5)[nH]4)cc3)cc2)[nH]1)[C@@H](C)OC. The Morgan fingerprint density at radius 3 is 2.11 bits per heavy atom. The molecule has 7 atom stereocenters. The van der Waals surface area contributed by atoms with Gasteiger partial charge in [-0.2, -0.15) is 0 Å². The number of nitrogens with zero attached hydrogens (tertiary/aromatic N) is 4. The largest absolute Gasteiger partial charge is 0.453 e. The maximum atomic E-state index is 13.6. The van der Waals surface area contributed by atoms with E-state index in [9.17, 15) is 14.4 Å². The lowest BCUT2D eigenvalue weighted by Gasteiger charge is -2.30. The van der Waals surface area contributed by atoms with Crippen LogP contribution in [0, 0.1) is 17.8 Å². The highest BCUT2D eigenvalue weighted by Crippen LogP contribution is 2.56. The molecule has 4 N–H and O–H groups in total. The van der Waals surface area contributed by atoms with Gasteiger partial charge in [0.05, 0.1) is 61.2 Å². The van der Waals surface area contributed by atoms with E-state index in [4.69, 9.17) is 14.5 Å². The third-order valence-corrected chi connectivity index (χ3v) is 12.0. The molecule has 2 bridgehead atoms. The van der Waals surface area contributed by atoms with Gasteiger partial charge in [0.15, 0.2) is 0 Å². The van der Waals surface area contributed by atoms with Crippen molar-refractivity contribution in [3.05, 3.63) is 103 Å². The van der Waals surface area contributed by atoms with E-state index in [0.717, 1.165) is 77.3 Å². The van der Waals surface area contributed by atoms with Crippen LogP contribution in [0.3, 0.4) is 0 Å². The summed E-state index contributed by atoms with van der Waals surface area (Å²) in [5.41, 5.74) is 6.84. The number of rotatable bonds is 12. The third kappa shape index (κ3) is 7.43. The maximum Gasteiger partial charge on any atom is 0.407 e. The van der Waals surface area contributed by atoms with Gasteiger partial charge in [-0.3, -0.25) is 14.6 Å². The summed E-state index contributed by atoms with van der Waals surface area (Å²) in [6, 6.07) is 21.4. The number of ether oxygens (including phenoxy) is 2. The highest BCUT2D eigenvalue weighted by Gasteiger charge is 2.52. The molecule has 0 radical (unpaired) electrons. The van der Waals surface area contributed by atoms with E-state index >= 15 is 0 Å². The Bertz CT molecular complexity index is 2150. The normalized spacial score (nSPS) is 22.5. The average Bonchev–Trinajstić information content (AvgIpc) is 4.10. The topological polar surface area (TPSA) is 167 Å². The first-order valence-electron chi connectivity index (χ1n) is 19.5. The molecule has 13 heteroatoms. The second kappa shape index (κ2) is 16.1. The van der Waals surface area contributed by atoms with Crippen molar-refractivity contribution in [2.45, 2.75) is 69.7 Å². The molecule has 2 aliphatic carbocycles. The molecule has 0 spiro atoms. The second-order valence-electron chi connectivity index (χ2n) is 15.2. The van der Waals surface area contributed by atoms with E-state index in [2.05, 4.69) is 79.1 Å². The highest BCUT2D eigenvalue weighted by molar-refractivity contribution is 5.87. The lowest BCUT2D eigenvalue weighted by molar-refractivity contribution is -0.137. The molecule has 3 amide bonds. The van der Waals surface area contributed by atoms with E-state index in [1.165, 1.54) is 14.2 Å². The summed E-state index contributed by atoms with van der Waals surface area (Å²) in [4.78, 5) is 61.8. The number of carbonyl (C=O) groups is 3. The van der Waals surface area contributed by atoms with Crippen molar-refractivity contribution >= 4 is 17.9 Å². The van der Waals surface area contributed by atoms with Gasteiger partial charge in [-0.1, -0.05) is 54.6 Å². The van der Waals surface area contributed by atoms with Crippen molar-refractivity contribution in [2.75, 3.05) is 20.8 Å². The zero-order valence-corrected chi connectivity index (χ0v) is 31.9. The number of alkyl carbamates (subject to hydrolysis) is 1. The molecule has 3 unspecified atom stereocenters. The molecule has 5 aromatic rings. The zero-order chi connectivity index (χ0) is 38.8. The predicted molar refractivity (Wildman–Crippen MR) is 210 cm³/mol. The molecule has 1 saturated heterocycles. The van der Waals surface area contributed by atoms with Crippen molar-refractivity contribution in [3.8, 4) is 33.6 Å². The number of fused-ring (bicyclic) bond motifs is 2. The second-order valence-corrected chi connectivity index (χ2v) is 15.2. The summed E-state index contributed by atoms with van der Waals surface area (Å²) < 4.78 is 10.2. The number of amides is 3. The average molecular weight is 757 g/mol. The number of benzene rings is 2. The molecule has 1 aliphatic heterocycles. The number of carbonyl (C=O) groups excluding carboxylic acids is 3. The van der Waals surface area contributed by atoms with Crippen molar-refractivity contribution in [1.29, 1.82) is 0 Å². The zero-order valence-electron chi connectivity index (χ0n) is 31.9. The van der Waals surface area contributed by atoms with Crippen molar-refractivity contribution in [2.24, 2.45) is 17.8 Å². The fourth-order valence-corrected chi connectivity index (χ4v) is 9.05. The van der Waals surface area contributed by atoms with E-state index in [1.807, 2.05) is 24.4 Å². The quantitative estimate of drug-likeness (QED) is 0.114. The molecule has 290 valence electrons. The van der Waals surface area contributed by atoms with Gasteiger partial charge < -0.3 is 35.0 Å². The van der Waals surface area contributed by atoms with Crippen LogP contribution in [0.15, 0.2) is 85.3 Å². The Morgan fingerprint density at radius 2 is 1.46 bits per heavy atom. The third-order valence-electron chi connectivity index (χ3n) is 12.0. The number of aromatic nitrogens is 5. The summed E-state index contributed by atoms with van der Waals surface area (Å²) in [5.74, 6) is 2.31.